The van der Waals surface area contributed by atoms with Crippen molar-refractivity contribution in [2.75, 3.05) is 5.75 Å². The van der Waals surface area contributed by atoms with Gasteiger partial charge in [0.1, 0.15) is 0 Å². The highest BCUT2D eigenvalue weighted by Crippen LogP contribution is 2.34. The molecule has 0 aliphatic rings. The lowest BCUT2D eigenvalue weighted by molar-refractivity contribution is -0.0518. The number of sulfone groups is 1. The highest BCUT2D eigenvalue weighted by atomic mass is 32.2. The number of H-pyrrole nitrogens is 1. The summed E-state index contributed by atoms with van der Waals surface area (Å²) in [5.74, 6) is -0.259. The summed E-state index contributed by atoms with van der Waals surface area (Å²) in [5, 5.41) is 6.68. The molecule has 9 heteroatoms. The summed E-state index contributed by atoms with van der Waals surface area (Å²) in [6, 6.07) is 6.34. The molecule has 25 heavy (non-hydrogen) atoms. The van der Waals surface area contributed by atoms with Gasteiger partial charge in [-0.25, -0.2) is 8.42 Å². The maximum Gasteiger partial charge on any atom is 0.388 e. The Kier molecular flexibility index (Phi) is 4.42. The molecular formula is C16H15F2N3O3S. The molecule has 3 aromatic rings. The van der Waals surface area contributed by atoms with Gasteiger partial charge in [-0.1, -0.05) is 13.0 Å². The van der Waals surface area contributed by atoms with Crippen molar-refractivity contribution in [1.29, 1.82) is 0 Å². The lowest BCUT2D eigenvalue weighted by atomic mass is 10.1. The van der Waals surface area contributed by atoms with E-state index >= 15 is 0 Å². The zero-order chi connectivity index (χ0) is 18.2. The van der Waals surface area contributed by atoms with E-state index in [9.17, 15) is 17.2 Å². The fraction of sp³-hybridized carbons (Fsp3) is 0.250. The highest BCUT2D eigenvalue weighted by Gasteiger charge is 2.19. The van der Waals surface area contributed by atoms with Crippen LogP contribution < -0.4 is 4.74 Å². The molecule has 132 valence electrons. The SMILES string of the molecule is CCS(=O)(=O)c1ccc(-c2nccc3[nH]nc(OC(F)F)c23)cc1C. The summed E-state index contributed by atoms with van der Waals surface area (Å²) in [4.78, 5) is 4.47. The van der Waals surface area contributed by atoms with Crippen molar-refractivity contribution in [3.05, 3.63) is 36.0 Å². The number of nitrogens with zero attached hydrogens (tertiary/aromatic N) is 2. The number of aromatic amines is 1. The molecule has 0 atom stereocenters. The Hall–Kier alpha value is -2.55. The van der Waals surface area contributed by atoms with Gasteiger partial charge in [0.25, 0.3) is 0 Å². The quantitative estimate of drug-likeness (QED) is 0.748. The van der Waals surface area contributed by atoms with Crippen LogP contribution in [0.25, 0.3) is 22.2 Å². The number of hydrogen-bond donors (Lipinski definition) is 1. The minimum absolute atomic E-state index is 0.00484. The average molecular weight is 367 g/mol. The van der Waals surface area contributed by atoms with Crippen molar-refractivity contribution < 1.29 is 21.9 Å². The van der Waals surface area contributed by atoms with Gasteiger partial charge in [-0.15, -0.1) is 5.10 Å². The Morgan fingerprint density at radius 1 is 1.28 bits per heavy atom. The molecule has 3 rings (SSSR count). The second kappa shape index (κ2) is 6.40. The summed E-state index contributed by atoms with van der Waals surface area (Å²) in [6.45, 7) is 0.237. The van der Waals surface area contributed by atoms with Crippen LogP contribution in [0.15, 0.2) is 35.4 Å². The molecule has 0 bridgehead atoms. The number of hydrogen-bond acceptors (Lipinski definition) is 5. The van der Waals surface area contributed by atoms with Crippen LogP contribution >= 0.6 is 0 Å². The molecule has 0 saturated heterocycles. The van der Waals surface area contributed by atoms with E-state index in [1.54, 1.807) is 32.0 Å². The van der Waals surface area contributed by atoms with Gasteiger partial charge in [0.2, 0.25) is 5.88 Å². The van der Waals surface area contributed by atoms with Gasteiger partial charge in [0.15, 0.2) is 9.84 Å². The zero-order valence-corrected chi connectivity index (χ0v) is 14.3. The van der Waals surface area contributed by atoms with Gasteiger partial charge in [-0.05, 0) is 30.7 Å². The van der Waals surface area contributed by atoms with Crippen LogP contribution in [-0.2, 0) is 9.84 Å². The molecule has 0 amide bonds. The van der Waals surface area contributed by atoms with E-state index in [1.165, 1.54) is 12.3 Å². The van der Waals surface area contributed by atoms with Gasteiger partial charge < -0.3 is 4.74 Å². The van der Waals surface area contributed by atoms with Crippen LogP contribution in [0.2, 0.25) is 0 Å². The van der Waals surface area contributed by atoms with E-state index in [2.05, 4.69) is 19.9 Å². The highest BCUT2D eigenvalue weighted by molar-refractivity contribution is 7.91. The summed E-state index contributed by atoms with van der Waals surface area (Å²) in [6.07, 6.45) is 1.51. The van der Waals surface area contributed by atoms with Crippen molar-refractivity contribution in [2.45, 2.75) is 25.4 Å². The standard InChI is InChI=1S/C16H15F2N3O3S/c1-3-25(22,23)12-5-4-10(8-9(12)2)14-13-11(6-7-19-14)20-21-15(13)24-16(17)18/h4-8,16H,3H2,1-2H3,(H,20,21). The number of fused-ring (bicyclic) bond motifs is 1. The number of rotatable bonds is 5. The Bertz CT molecular complexity index is 1030. The second-order valence-electron chi connectivity index (χ2n) is 5.37. The first-order valence-electron chi connectivity index (χ1n) is 7.45. The molecule has 2 heterocycles. The fourth-order valence-electron chi connectivity index (χ4n) is 2.63. The van der Waals surface area contributed by atoms with E-state index in [1.807, 2.05) is 0 Å². The molecule has 0 spiro atoms. The lowest BCUT2D eigenvalue weighted by Gasteiger charge is -2.09. The van der Waals surface area contributed by atoms with E-state index in [-0.39, 0.29) is 16.5 Å². The number of benzene rings is 1. The average Bonchev–Trinajstić information content (AvgIpc) is 2.97. The molecule has 6 nitrogen and oxygen atoms in total. The van der Waals surface area contributed by atoms with Crippen LogP contribution in [-0.4, -0.2) is 36.0 Å². The summed E-state index contributed by atoms with van der Waals surface area (Å²) < 4.78 is 53.8. The summed E-state index contributed by atoms with van der Waals surface area (Å²) in [7, 11) is -3.35. The van der Waals surface area contributed by atoms with Crippen LogP contribution in [0.3, 0.4) is 0 Å². The van der Waals surface area contributed by atoms with Crippen LogP contribution in [0, 0.1) is 6.92 Å². The third-order valence-electron chi connectivity index (χ3n) is 3.81. The molecule has 1 N–H and O–H groups in total. The van der Waals surface area contributed by atoms with Crippen LogP contribution in [0.5, 0.6) is 5.88 Å². The Labute approximate surface area is 142 Å². The first-order valence-corrected chi connectivity index (χ1v) is 9.10. The van der Waals surface area contributed by atoms with Gasteiger partial charge in [-0.2, -0.15) is 8.78 Å². The molecule has 0 aliphatic heterocycles. The third-order valence-corrected chi connectivity index (χ3v) is 5.70. The molecule has 2 aromatic heterocycles. The first-order chi connectivity index (χ1) is 11.8. The first kappa shape index (κ1) is 17.3. The second-order valence-corrected chi connectivity index (χ2v) is 7.62. The van der Waals surface area contributed by atoms with Crippen molar-refractivity contribution in [2.24, 2.45) is 0 Å². The monoisotopic (exact) mass is 367 g/mol. The number of nitrogens with one attached hydrogen (secondary N) is 1. The number of ether oxygens (including phenoxy) is 1. The fourth-order valence-corrected chi connectivity index (χ4v) is 3.76. The number of aromatic nitrogens is 3. The third kappa shape index (κ3) is 3.19. The Balaban J connectivity index is 2.17. The largest absolute Gasteiger partial charge is 0.415 e. The number of alkyl halides is 2. The molecule has 0 unspecified atom stereocenters. The number of pyridine rings is 1. The van der Waals surface area contributed by atoms with E-state index in [0.717, 1.165) is 0 Å². The van der Waals surface area contributed by atoms with E-state index in [0.29, 0.717) is 27.7 Å². The van der Waals surface area contributed by atoms with Crippen molar-refractivity contribution >= 4 is 20.7 Å². The maximum atomic E-state index is 12.6. The van der Waals surface area contributed by atoms with E-state index < -0.39 is 16.4 Å². The maximum absolute atomic E-state index is 12.6. The molecule has 0 saturated carbocycles. The summed E-state index contributed by atoms with van der Waals surface area (Å²) >= 11 is 0. The molecule has 0 radical (unpaired) electrons. The van der Waals surface area contributed by atoms with Gasteiger partial charge in [-0.3, -0.25) is 10.1 Å². The predicted molar refractivity (Wildman–Crippen MR) is 88.4 cm³/mol. The van der Waals surface area contributed by atoms with E-state index in [4.69, 9.17) is 0 Å². The topological polar surface area (TPSA) is 84.9 Å². The van der Waals surface area contributed by atoms with Crippen molar-refractivity contribution in [3.8, 4) is 17.1 Å². The minimum atomic E-state index is -3.35. The molecule has 0 aliphatic carbocycles. The Morgan fingerprint density at radius 2 is 2.04 bits per heavy atom. The zero-order valence-electron chi connectivity index (χ0n) is 13.5. The minimum Gasteiger partial charge on any atom is -0.415 e. The van der Waals surface area contributed by atoms with Gasteiger partial charge in [0, 0.05) is 11.8 Å². The van der Waals surface area contributed by atoms with Crippen molar-refractivity contribution in [1.82, 2.24) is 15.2 Å². The van der Waals surface area contributed by atoms with Gasteiger partial charge >= 0.3 is 6.61 Å². The normalized spacial score (nSPS) is 12.0. The lowest BCUT2D eigenvalue weighted by Crippen LogP contribution is -2.06. The summed E-state index contributed by atoms with van der Waals surface area (Å²) in [5.41, 5.74) is 2.01. The van der Waals surface area contributed by atoms with Gasteiger partial charge in [0.05, 0.1) is 27.2 Å². The molecular weight excluding hydrogens is 352 g/mol. The molecule has 0 fully saturated rings. The molecule has 1 aromatic carbocycles. The predicted octanol–water partition coefficient (Wildman–Crippen LogP) is 3.33. The number of halogens is 2. The number of aryl methyl sites for hydroxylation is 1. The van der Waals surface area contributed by atoms with Crippen molar-refractivity contribution in [3.63, 3.8) is 0 Å². The van der Waals surface area contributed by atoms with Crippen LogP contribution in [0.1, 0.15) is 12.5 Å². The Morgan fingerprint density at radius 3 is 2.68 bits per heavy atom. The van der Waals surface area contributed by atoms with Crippen LogP contribution in [0.4, 0.5) is 8.78 Å². The smallest absolute Gasteiger partial charge is 0.388 e.